The molecule has 1 atom stereocenters. The molecule has 4 nitrogen and oxygen atoms in total. The summed E-state index contributed by atoms with van der Waals surface area (Å²) in [4.78, 5) is 14.1. The fourth-order valence-electron chi connectivity index (χ4n) is 2.50. The van der Waals surface area contributed by atoms with Gasteiger partial charge < -0.3 is 14.4 Å². The SMILES string of the molecule is COc1cccc(C2CCCN2C(=O)OC(C)(C)C)c1. The van der Waals surface area contributed by atoms with Gasteiger partial charge in [0.05, 0.1) is 13.2 Å². The minimum atomic E-state index is -0.460. The quantitative estimate of drug-likeness (QED) is 0.826. The van der Waals surface area contributed by atoms with Crippen LogP contribution >= 0.6 is 0 Å². The van der Waals surface area contributed by atoms with Crippen LogP contribution in [0.2, 0.25) is 0 Å². The summed E-state index contributed by atoms with van der Waals surface area (Å²) in [5, 5.41) is 0. The van der Waals surface area contributed by atoms with Gasteiger partial charge in [-0.25, -0.2) is 4.79 Å². The molecule has 1 aliphatic rings. The minimum absolute atomic E-state index is 0.0833. The summed E-state index contributed by atoms with van der Waals surface area (Å²) in [6, 6.07) is 7.99. The number of benzene rings is 1. The average Bonchev–Trinajstić information content (AvgIpc) is 2.86. The maximum Gasteiger partial charge on any atom is 0.410 e. The summed E-state index contributed by atoms with van der Waals surface area (Å²) in [6.07, 6.45) is 1.73. The Morgan fingerprint density at radius 2 is 2.10 bits per heavy atom. The molecule has 1 amide bonds. The number of carbonyl (C=O) groups is 1. The molecule has 1 unspecified atom stereocenters. The number of hydrogen-bond donors (Lipinski definition) is 0. The molecular formula is C16H23NO3. The molecule has 1 heterocycles. The van der Waals surface area contributed by atoms with Gasteiger partial charge in [0, 0.05) is 6.54 Å². The second-order valence-electron chi connectivity index (χ2n) is 6.11. The zero-order valence-corrected chi connectivity index (χ0v) is 12.7. The molecule has 20 heavy (non-hydrogen) atoms. The number of nitrogens with zero attached hydrogens (tertiary/aromatic N) is 1. The second-order valence-corrected chi connectivity index (χ2v) is 6.11. The van der Waals surface area contributed by atoms with E-state index in [1.807, 2.05) is 49.9 Å². The van der Waals surface area contributed by atoms with E-state index in [2.05, 4.69) is 0 Å². The van der Waals surface area contributed by atoms with Crippen LogP contribution in [0.5, 0.6) is 5.75 Å². The van der Waals surface area contributed by atoms with Crippen LogP contribution in [0.1, 0.15) is 45.2 Å². The molecule has 1 aromatic rings. The third-order valence-corrected chi connectivity index (χ3v) is 3.36. The maximum absolute atomic E-state index is 12.3. The van der Waals surface area contributed by atoms with Crippen LogP contribution in [-0.4, -0.2) is 30.2 Å². The zero-order chi connectivity index (χ0) is 14.8. The van der Waals surface area contributed by atoms with Crippen molar-refractivity contribution in [2.24, 2.45) is 0 Å². The highest BCUT2D eigenvalue weighted by Crippen LogP contribution is 2.34. The first kappa shape index (κ1) is 14.7. The molecule has 1 aromatic carbocycles. The van der Waals surface area contributed by atoms with Gasteiger partial charge in [0.2, 0.25) is 0 Å². The van der Waals surface area contributed by atoms with Crippen molar-refractivity contribution in [3.05, 3.63) is 29.8 Å². The molecule has 2 rings (SSSR count). The normalized spacial score (nSPS) is 19.0. The van der Waals surface area contributed by atoms with Gasteiger partial charge in [0.15, 0.2) is 0 Å². The fourth-order valence-corrected chi connectivity index (χ4v) is 2.50. The lowest BCUT2D eigenvalue weighted by Crippen LogP contribution is -2.36. The standard InChI is InChI=1S/C16H23NO3/c1-16(2,3)20-15(18)17-10-6-9-14(17)12-7-5-8-13(11-12)19-4/h5,7-8,11,14H,6,9-10H2,1-4H3. The van der Waals surface area contributed by atoms with Crippen LogP contribution in [0, 0.1) is 0 Å². The lowest BCUT2D eigenvalue weighted by Gasteiger charge is -2.29. The monoisotopic (exact) mass is 277 g/mol. The van der Waals surface area contributed by atoms with Gasteiger partial charge in [0.25, 0.3) is 0 Å². The summed E-state index contributed by atoms with van der Waals surface area (Å²) in [5.41, 5.74) is 0.645. The van der Waals surface area contributed by atoms with Crippen LogP contribution < -0.4 is 4.74 Å². The maximum atomic E-state index is 12.3. The van der Waals surface area contributed by atoms with Crippen LogP contribution in [0.15, 0.2) is 24.3 Å². The smallest absolute Gasteiger partial charge is 0.410 e. The lowest BCUT2D eigenvalue weighted by molar-refractivity contribution is 0.0224. The zero-order valence-electron chi connectivity index (χ0n) is 12.7. The highest BCUT2D eigenvalue weighted by atomic mass is 16.6. The van der Waals surface area contributed by atoms with Gasteiger partial charge in [-0.15, -0.1) is 0 Å². The van der Waals surface area contributed by atoms with Crippen LogP contribution in [0.25, 0.3) is 0 Å². The van der Waals surface area contributed by atoms with E-state index in [0.717, 1.165) is 30.7 Å². The van der Waals surface area contributed by atoms with E-state index in [0.29, 0.717) is 0 Å². The molecule has 110 valence electrons. The molecule has 0 bridgehead atoms. The first-order valence-corrected chi connectivity index (χ1v) is 7.04. The number of methoxy groups -OCH3 is 1. The van der Waals surface area contributed by atoms with Crippen LogP contribution in [-0.2, 0) is 4.74 Å². The van der Waals surface area contributed by atoms with Gasteiger partial charge in [-0.2, -0.15) is 0 Å². The Kier molecular flexibility index (Phi) is 4.21. The molecular weight excluding hydrogens is 254 g/mol. The van der Waals surface area contributed by atoms with E-state index in [1.165, 1.54) is 0 Å². The Labute approximate surface area is 120 Å². The van der Waals surface area contributed by atoms with Crippen molar-refractivity contribution < 1.29 is 14.3 Å². The molecule has 1 aliphatic heterocycles. The molecule has 0 aliphatic carbocycles. The third kappa shape index (κ3) is 3.44. The Hall–Kier alpha value is -1.71. The van der Waals surface area contributed by atoms with E-state index in [4.69, 9.17) is 9.47 Å². The molecule has 0 N–H and O–H groups in total. The van der Waals surface area contributed by atoms with E-state index < -0.39 is 5.60 Å². The van der Waals surface area contributed by atoms with Crippen molar-refractivity contribution in [2.75, 3.05) is 13.7 Å². The first-order chi connectivity index (χ1) is 9.40. The van der Waals surface area contributed by atoms with Gasteiger partial charge in [-0.1, -0.05) is 12.1 Å². The van der Waals surface area contributed by atoms with E-state index >= 15 is 0 Å². The van der Waals surface area contributed by atoms with Crippen molar-refractivity contribution in [2.45, 2.75) is 45.3 Å². The minimum Gasteiger partial charge on any atom is -0.497 e. The topological polar surface area (TPSA) is 38.8 Å². The lowest BCUT2D eigenvalue weighted by atomic mass is 10.0. The van der Waals surface area contributed by atoms with Crippen LogP contribution in [0.3, 0.4) is 0 Å². The van der Waals surface area contributed by atoms with Crippen molar-refractivity contribution >= 4 is 6.09 Å². The van der Waals surface area contributed by atoms with E-state index in [1.54, 1.807) is 7.11 Å². The Bertz CT molecular complexity index is 479. The van der Waals surface area contributed by atoms with Gasteiger partial charge in [0.1, 0.15) is 11.4 Å². The molecule has 0 saturated carbocycles. The highest BCUT2D eigenvalue weighted by Gasteiger charge is 2.33. The molecule has 1 saturated heterocycles. The van der Waals surface area contributed by atoms with Crippen molar-refractivity contribution in [1.82, 2.24) is 4.90 Å². The predicted molar refractivity (Wildman–Crippen MR) is 77.9 cm³/mol. The van der Waals surface area contributed by atoms with Gasteiger partial charge >= 0.3 is 6.09 Å². The van der Waals surface area contributed by atoms with Crippen molar-refractivity contribution in [3.63, 3.8) is 0 Å². The second kappa shape index (κ2) is 5.73. The highest BCUT2D eigenvalue weighted by molar-refractivity contribution is 5.69. The van der Waals surface area contributed by atoms with Gasteiger partial charge in [-0.05, 0) is 51.3 Å². The fraction of sp³-hybridized carbons (Fsp3) is 0.562. The number of carbonyl (C=O) groups excluding carboxylic acids is 1. The largest absolute Gasteiger partial charge is 0.497 e. The summed E-state index contributed by atoms with van der Waals surface area (Å²) < 4.78 is 10.7. The first-order valence-electron chi connectivity index (χ1n) is 7.04. The number of hydrogen-bond acceptors (Lipinski definition) is 3. The number of likely N-dealkylation sites (tertiary alicyclic amines) is 1. The van der Waals surface area contributed by atoms with E-state index in [-0.39, 0.29) is 12.1 Å². The van der Waals surface area contributed by atoms with Crippen molar-refractivity contribution in [3.8, 4) is 5.75 Å². The number of rotatable bonds is 2. The number of amides is 1. The Morgan fingerprint density at radius 3 is 2.75 bits per heavy atom. The molecule has 0 radical (unpaired) electrons. The van der Waals surface area contributed by atoms with Gasteiger partial charge in [-0.3, -0.25) is 0 Å². The molecule has 0 spiro atoms. The summed E-state index contributed by atoms with van der Waals surface area (Å²) in [6.45, 7) is 6.42. The third-order valence-electron chi connectivity index (χ3n) is 3.36. The summed E-state index contributed by atoms with van der Waals surface area (Å²) in [7, 11) is 1.65. The Morgan fingerprint density at radius 1 is 1.35 bits per heavy atom. The number of ether oxygens (including phenoxy) is 2. The van der Waals surface area contributed by atoms with E-state index in [9.17, 15) is 4.79 Å². The van der Waals surface area contributed by atoms with Crippen LogP contribution in [0.4, 0.5) is 4.79 Å². The summed E-state index contributed by atoms with van der Waals surface area (Å²) >= 11 is 0. The predicted octanol–water partition coefficient (Wildman–Crippen LogP) is 3.77. The Balaban J connectivity index is 2.16. The molecule has 1 fully saturated rings. The molecule has 4 heteroatoms. The molecule has 0 aromatic heterocycles. The van der Waals surface area contributed by atoms with Crippen molar-refractivity contribution in [1.29, 1.82) is 0 Å². The average molecular weight is 277 g/mol. The summed E-state index contributed by atoms with van der Waals surface area (Å²) in [5.74, 6) is 0.818.